The third kappa shape index (κ3) is 3.53. The van der Waals surface area contributed by atoms with Crippen LogP contribution >= 0.6 is 0 Å². The second kappa shape index (κ2) is 7.22. The van der Waals surface area contributed by atoms with Gasteiger partial charge >= 0.3 is 0 Å². The van der Waals surface area contributed by atoms with Crippen molar-refractivity contribution in [2.45, 2.75) is 37.3 Å². The molecule has 2 aromatic rings. The molecule has 2 aliphatic heterocycles. The number of β-amino-alcohol motifs (C(OH)–C–C–N with tert-alkyl or cyclic N) is 1. The molecule has 4 rings (SSSR count). The Morgan fingerprint density at radius 1 is 1.00 bits per heavy atom. The molecule has 136 valence electrons. The number of piperidine rings is 1. The van der Waals surface area contributed by atoms with Crippen molar-refractivity contribution < 1.29 is 9.90 Å². The molecule has 1 saturated heterocycles. The van der Waals surface area contributed by atoms with E-state index >= 15 is 0 Å². The van der Waals surface area contributed by atoms with Crippen LogP contribution in [0.5, 0.6) is 0 Å². The first-order valence-electron chi connectivity index (χ1n) is 9.51. The Balaban J connectivity index is 1.41. The summed E-state index contributed by atoms with van der Waals surface area (Å²) in [7, 11) is 0. The molecule has 26 heavy (non-hydrogen) atoms. The van der Waals surface area contributed by atoms with Gasteiger partial charge in [0, 0.05) is 42.8 Å². The molecule has 1 unspecified atom stereocenters. The second-order valence-corrected chi connectivity index (χ2v) is 7.60. The summed E-state index contributed by atoms with van der Waals surface area (Å²) in [5.74, 6) is 0.243. The molecule has 2 heterocycles. The third-order valence-electron chi connectivity index (χ3n) is 5.89. The zero-order chi connectivity index (χ0) is 18.0. The largest absolute Gasteiger partial charge is 0.387 e. The van der Waals surface area contributed by atoms with Crippen molar-refractivity contribution in [3.8, 4) is 0 Å². The molecule has 2 aromatic carbocycles. The summed E-state index contributed by atoms with van der Waals surface area (Å²) in [6.07, 6.45) is 3.04. The van der Waals surface area contributed by atoms with Crippen LogP contribution in [-0.2, 0) is 0 Å². The SMILES string of the molecule is O=C1CCC2(CCN(CC(O)c3ccccc3)CC2)Nc2ccccc21. The van der Waals surface area contributed by atoms with Crippen molar-refractivity contribution in [3.63, 3.8) is 0 Å². The summed E-state index contributed by atoms with van der Waals surface area (Å²) in [5.41, 5.74) is 2.77. The topological polar surface area (TPSA) is 52.6 Å². The standard InChI is InChI=1S/C22H26N2O2/c25-20-10-11-22(23-19-9-5-4-8-18(19)20)12-14-24(15-13-22)16-21(26)17-6-2-1-3-7-17/h1-9,21,23,26H,10-16H2. The summed E-state index contributed by atoms with van der Waals surface area (Å²) in [5, 5.41) is 14.2. The summed E-state index contributed by atoms with van der Waals surface area (Å²) in [6.45, 7) is 2.54. The Kier molecular flexibility index (Phi) is 4.79. The highest BCUT2D eigenvalue weighted by molar-refractivity contribution is 6.02. The van der Waals surface area contributed by atoms with Crippen LogP contribution in [0.2, 0.25) is 0 Å². The van der Waals surface area contributed by atoms with Crippen molar-refractivity contribution in [2.24, 2.45) is 0 Å². The maximum Gasteiger partial charge on any atom is 0.165 e. The van der Waals surface area contributed by atoms with Gasteiger partial charge in [0.25, 0.3) is 0 Å². The predicted molar refractivity (Wildman–Crippen MR) is 103 cm³/mol. The average molecular weight is 350 g/mol. The molecule has 0 aromatic heterocycles. The van der Waals surface area contributed by atoms with Gasteiger partial charge in [0.2, 0.25) is 0 Å². The summed E-state index contributed by atoms with van der Waals surface area (Å²) < 4.78 is 0. The predicted octanol–water partition coefficient (Wildman–Crippen LogP) is 3.64. The molecule has 0 radical (unpaired) electrons. The van der Waals surface area contributed by atoms with Gasteiger partial charge in [-0.05, 0) is 37.0 Å². The van der Waals surface area contributed by atoms with E-state index in [9.17, 15) is 9.90 Å². The smallest absolute Gasteiger partial charge is 0.165 e. The average Bonchev–Trinajstić information content (AvgIpc) is 2.82. The fraction of sp³-hybridized carbons (Fsp3) is 0.409. The van der Waals surface area contributed by atoms with Gasteiger partial charge in [-0.25, -0.2) is 0 Å². The van der Waals surface area contributed by atoms with Crippen molar-refractivity contribution in [1.82, 2.24) is 4.90 Å². The Bertz CT molecular complexity index is 767. The minimum atomic E-state index is -0.449. The lowest BCUT2D eigenvalue weighted by Gasteiger charge is -2.43. The molecule has 4 heteroatoms. The fourth-order valence-electron chi connectivity index (χ4n) is 4.23. The highest BCUT2D eigenvalue weighted by Gasteiger charge is 2.37. The molecule has 2 N–H and O–H groups in total. The minimum Gasteiger partial charge on any atom is -0.387 e. The van der Waals surface area contributed by atoms with E-state index < -0.39 is 6.10 Å². The first-order valence-corrected chi connectivity index (χ1v) is 9.51. The molecule has 2 aliphatic rings. The van der Waals surface area contributed by atoms with E-state index in [-0.39, 0.29) is 11.3 Å². The van der Waals surface area contributed by atoms with Crippen molar-refractivity contribution in [2.75, 3.05) is 25.0 Å². The van der Waals surface area contributed by atoms with Gasteiger partial charge in [0.05, 0.1) is 6.10 Å². The van der Waals surface area contributed by atoms with E-state index in [4.69, 9.17) is 0 Å². The molecule has 1 atom stereocenters. The number of para-hydroxylation sites is 1. The summed E-state index contributed by atoms with van der Waals surface area (Å²) in [6, 6.07) is 17.7. The first kappa shape index (κ1) is 17.3. The van der Waals surface area contributed by atoms with Crippen LogP contribution < -0.4 is 5.32 Å². The van der Waals surface area contributed by atoms with E-state index in [0.717, 1.165) is 49.2 Å². The number of ketones is 1. The number of aliphatic hydroxyl groups excluding tert-OH is 1. The van der Waals surface area contributed by atoms with Crippen LogP contribution in [0.3, 0.4) is 0 Å². The van der Waals surface area contributed by atoms with Crippen LogP contribution in [0.25, 0.3) is 0 Å². The molecule has 1 spiro atoms. The van der Waals surface area contributed by atoms with Crippen LogP contribution in [0.1, 0.15) is 47.7 Å². The van der Waals surface area contributed by atoms with Gasteiger partial charge in [-0.1, -0.05) is 42.5 Å². The van der Waals surface area contributed by atoms with Crippen LogP contribution in [-0.4, -0.2) is 41.0 Å². The highest BCUT2D eigenvalue weighted by atomic mass is 16.3. The lowest BCUT2D eigenvalue weighted by atomic mass is 9.83. The minimum absolute atomic E-state index is 0.00351. The van der Waals surface area contributed by atoms with Crippen LogP contribution in [0.15, 0.2) is 54.6 Å². The Labute approximate surface area is 154 Å². The molecule has 0 aliphatic carbocycles. The number of nitrogens with one attached hydrogen (secondary N) is 1. The van der Waals surface area contributed by atoms with Gasteiger partial charge in [0.1, 0.15) is 0 Å². The number of nitrogens with zero attached hydrogens (tertiary/aromatic N) is 1. The van der Waals surface area contributed by atoms with Gasteiger partial charge in [-0.3, -0.25) is 4.79 Å². The number of likely N-dealkylation sites (tertiary alicyclic amines) is 1. The summed E-state index contributed by atoms with van der Waals surface area (Å²) >= 11 is 0. The molecular weight excluding hydrogens is 324 g/mol. The lowest BCUT2D eigenvalue weighted by molar-refractivity contribution is 0.0826. The maximum atomic E-state index is 12.4. The highest BCUT2D eigenvalue weighted by Crippen LogP contribution is 2.36. The van der Waals surface area contributed by atoms with E-state index in [2.05, 4.69) is 10.2 Å². The monoisotopic (exact) mass is 350 g/mol. The quantitative estimate of drug-likeness (QED) is 0.887. The van der Waals surface area contributed by atoms with E-state index in [1.807, 2.05) is 54.6 Å². The zero-order valence-corrected chi connectivity index (χ0v) is 15.0. The molecule has 1 fully saturated rings. The molecule has 0 amide bonds. The number of aliphatic hydroxyl groups is 1. The number of benzene rings is 2. The number of rotatable bonds is 3. The number of carbonyl (C=O) groups excluding carboxylic acids is 1. The second-order valence-electron chi connectivity index (χ2n) is 7.60. The fourth-order valence-corrected chi connectivity index (χ4v) is 4.23. The van der Waals surface area contributed by atoms with Gasteiger partial charge in [0.15, 0.2) is 5.78 Å². The molecular formula is C22H26N2O2. The summed E-state index contributed by atoms with van der Waals surface area (Å²) in [4.78, 5) is 14.8. The Morgan fingerprint density at radius 3 is 2.46 bits per heavy atom. The van der Waals surface area contributed by atoms with Crippen molar-refractivity contribution in [1.29, 1.82) is 0 Å². The molecule has 0 saturated carbocycles. The Hall–Kier alpha value is -2.17. The number of carbonyl (C=O) groups is 1. The zero-order valence-electron chi connectivity index (χ0n) is 15.0. The van der Waals surface area contributed by atoms with Crippen molar-refractivity contribution >= 4 is 11.5 Å². The number of hydrogen-bond donors (Lipinski definition) is 2. The van der Waals surface area contributed by atoms with Gasteiger partial charge in [-0.15, -0.1) is 0 Å². The van der Waals surface area contributed by atoms with Crippen LogP contribution in [0.4, 0.5) is 5.69 Å². The number of hydrogen-bond acceptors (Lipinski definition) is 4. The van der Waals surface area contributed by atoms with Gasteiger partial charge < -0.3 is 15.3 Å². The van der Waals surface area contributed by atoms with E-state index in [0.29, 0.717) is 13.0 Å². The normalized spacial score (nSPS) is 20.9. The molecule has 4 nitrogen and oxygen atoms in total. The number of anilines is 1. The van der Waals surface area contributed by atoms with E-state index in [1.165, 1.54) is 0 Å². The number of fused-ring (bicyclic) bond motifs is 1. The van der Waals surface area contributed by atoms with E-state index in [1.54, 1.807) is 0 Å². The Morgan fingerprint density at radius 2 is 1.69 bits per heavy atom. The first-order chi connectivity index (χ1) is 12.7. The molecule has 0 bridgehead atoms. The third-order valence-corrected chi connectivity index (χ3v) is 5.89. The van der Waals surface area contributed by atoms with Gasteiger partial charge in [-0.2, -0.15) is 0 Å². The van der Waals surface area contributed by atoms with Crippen molar-refractivity contribution in [3.05, 3.63) is 65.7 Å². The van der Waals surface area contributed by atoms with Crippen LogP contribution in [0, 0.1) is 0 Å². The maximum absolute atomic E-state index is 12.4. The number of Topliss-reactive ketones (excluding diaryl/α,β-unsaturated/α-hetero) is 1. The lowest BCUT2D eigenvalue weighted by Crippen LogP contribution is -2.49.